The highest BCUT2D eigenvalue weighted by Gasteiger charge is 2.22. The first-order valence-corrected chi connectivity index (χ1v) is 10.9. The van der Waals surface area contributed by atoms with Crippen LogP contribution < -0.4 is 4.90 Å². The zero-order valence-corrected chi connectivity index (χ0v) is 17.3. The lowest BCUT2D eigenvalue weighted by atomic mass is 10.1. The maximum atomic E-state index is 13.4. The fourth-order valence-corrected chi connectivity index (χ4v) is 4.56. The Bertz CT molecular complexity index is 1110. The average molecular weight is 406 g/mol. The summed E-state index contributed by atoms with van der Waals surface area (Å²) in [5, 5.41) is 0.700. The molecule has 6 heteroatoms. The molecule has 28 heavy (non-hydrogen) atoms. The van der Waals surface area contributed by atoms with Gasteiger partial charge in [0.25, 0.3) is 5.91 Å². The third-order valence-corrected chi connectivity index (χ3v) is 6.24. The van der Waals surface area contributed by atoms with Gasteiger partial charge in [-0.05, 0) is 49.1 Å². The molecule has 2 aromatic heterocycles. The predicted octanol–water partition coefficient (Wildman–Crippen LogP) is 5.57. The van der Waals surface area contributed by atoms with E-state index in [-0.39, 0.29) is 5.91 Å². The van der Waals surface area contributed by atoms with Crippen molar-refractivity contribution in [3.05, 3.63) is 83.7 Å². The van der Waals surface area contributed by atoms with Gasteiger partial charge in [-0.3, -0.25) is 14.7 Å². The molecule has 0 spiro atoms. The summed E-state index contributed by atoms with van der Waals surface area (Å²) in [4.78, 5) is 25.2. The Labute approximate surface area is 172 Å². The molecule has 0 N–H and O–H groups in total. The molecule has 0 saturated heterocycles. The Morgan fingerprint density at radius 2 is 1.93 bits per heavy atom. The minimum atomic E-state index is -0.0615. The number of pyridine rings is 1. The van der Waals surface area contributed by atoms with Gasteiger partial charge >= 0.3 is 0 Å². The Morgan fingerprint density at radius 1 is 1.11 bits per heavy atom. The van der Waals surface area contributed by atoms with Crippen LogP contribution in [0.3, 0.4) is 0 Å². The molecule has 0 aliphatic carbocycles. The van der Waals surface area contributed by atoms with E-state index in [1.807, 2.05) is 55.6 Å². The maximum absolute atomic E-state index is 13.4. The van der Waals surface area contributed by atoms with Crippen LogP contribution in [0.5, 0.6) is 0 Å². The average Bonchev–Trinajstić information content (AvgIpc) is 3.17. The van der Waals surface area contributed by atoms with Crippen LogP contribution in [-0.4, -0.2) is 22.1 Å². The molecular weight excluding hydrogens is 386 g/mol. The van der Waals surface area contributed by atoms with Gasteiger partial charge < -0.3 is 0 Å². The van der Waals surface area contributed by atoms with Gasteiger partial charge in [-0.2, -0.15) is 0 Å². The van der Waals surface area contributed by atoms with Crippen molar-refractivity contribution < 1.29 is 4.79 Å². The molecule has 4 aromatic rings. The lowest BCUT2D eigenvalue weighted by molar-refractivity contribution is 0.0985. The summed E-state index contributed by atoms with van der Waals surface area (Å²) in [6, 6.07) is 17.7. The highest BCUT2D eigenvalue weighted by molar-refractivity contribution is 7.98. The number of nitrogens with zero attached hydrogens (tertiary/aromatic N) is 3. The Balaban J connectivity index is 1.78. The van der Waals surface area contributed by atoms with Crippen molar-refractivity contribution >= 4 is 44.4 Å². The summed E-state index contributed by atoms with van der Waals surface area (Å²) in [6.07, 6.45) is 5.56. The van der Waals surface area contributed by atoms with E-state index < -0.39 is 0 Å². The number of amides is 1. The van der Waals surface area contributed by atoms with Crippen LogP contribution in [0.2, 0.25) is 0 Å². The SMILES string of the molecule is CSc1cccc2sc(N(Cc3cccnc3)C(=O)c3ccc(C)cc3)nc12. The monoisotopic (exact) mass is 405 g/mol. The smallest absolute Gasteiger partial charge is 0.260 e. The van der Waals surface area contributed by atoms with E-state index in [1.54, 1.807) is 40.4 Å². The molecule has 0 aliphatic heterocycles. The number of thioether (sulfide) groups is 1. The molecule has 2 aromatic carbocycles. The van der Waals surface area contributed by atoms with Gasteiger partial charge in [0.2, 0.25) is 0 Å². The van der Waals surface area contributed by atoms with E-state index in [2.05, 4.69) is 17.1 Å². The topological polar surface area (TPSA) is 46.1 Å². The summed E-state index contributed by atoms with van der Waals surface area (Å²) in [5.74, 6) is -0.0615. The minimum absolute atomic E-state index is 0.0615. The quantitative estimate of drug-likeness (QED) is 0.407. The van der Waals surface area contributed by atoms with E-state index in [4.69, 9.17) is 4.98 Å². The molecule has 0 saturated carbocycles. The Kier molecular flexibility index (Phi) is 5.41. The molecule has 0 radical (unpaired) electrons. The van der Waals surface area contributed by atoms with Crippen LogP contribution in [0.4, 0.5) is 5.13 Å². The summed E-state index contributed by atoms with van der Waals surface area (Å²) in [7, 11) is 0. The fraction of sp³-hybridized carbons (Fsp3) is 0.136. The first-order valence-electron chi connectivity index (χ1n) is 8.86. The molecule has 4 rings (SSSR count). The maximum Gasteiger partial charge on any atom is 0.260 e. The standard InChI is InChI=1S/C22H19N3OS2/c1-15-8-10-17(11-9-15)21(26)25(14-16-5-4-12-23-13-16)22-24-20-18(27-2)6-3-7-19(20)28-22/h3-13H,14H2,1-2H3. The number of thiazole rings is 1. The van der Waals surface area contributed by atoms with Crippen molar-refractivity contribution in [3.63, 3.8) is 0 Å². The number of hydrogen-bond donors (Lipinski definition) is 0. The van der Waals surface area contributed by atoms with Crippen LogP contribution in [-0.2, 0) is 6.54 Å². The van der Waals surface area contributed by atoms with Crippen molar-refractivity contribution in [3.8, 4) is 0 Å². The summed E-state index contributed by atoms with van der Waals surface area (Å²) >= 11 is 3.20. The first kappa shape index (κ1) is 18.7. The molecule has 0 fully saturated rings. The van der Waals surface area contributed by atoms with Gasteiger partial charge in [0, 0.05) is 22.9 Å². The Hall–Kier alpha value is -2.70. The number of carbonyl (C=O) groups is 1. The minimum Gasteiger partial charge on any atom is -0.279 e. The number of anilines is 1. The second kappa shape index (κ2) is 8.12. The molecule has 4 nitrogen and oxygen atoms in total. The summed E-state index contributed by atoms with van der Waals surface area (Å²) in [5.41, 5.74) is 3.69. The number of carbonyl (C=O) groups excluding carboxylic acids is 1. The van der Waals surface area contributed by atoms with Crippen molar-refractivity contribution in [2.24, 2.45) is 0 Å². The van der Waals surface area contributed by atoms with Gasteiger partial charge in [0.1, 0.15) is 0 Å². The zero-order chi connectivity index (χ0) is 19.5. The van der Waals surface area contributed by atoms with Gasteiger partial charge in [-0.25, -0.2) is 4.98 Å². The van der Waals surface area contributed by atoms with Gasteiger partial charge in [0.05, 0.1) is 16.8 Å². The largest absolute Gasteiger partial charge is 0.279 e. The molecule has 0 atom stereocenters. The van der Waals surface area contributed by atoms with Crippen molar-refractivity contribution in [2.45, 2.75) is 18.4 Å². The zero-order valence-electron chi connectivity index (χ0n) is 15.6. The van der Waals surface area contributed by atoms with Gasteiger partial charge in [0.15, 0.2) is 5.13 Å². The normalized spacial score (nSPS) is 10.9. The molecule has 1 amide bonds. The number of aromatic nitrogens is 2. The van der Waals surface area contributed by atoms with E-state index in [0.717, 1.165) is 26.2 Å². The Morgan fingerprint density at radius 3 is 2.64 bits per heavy atom. The number of fused-ring (bicyclic) bond motifs is 1. The van der Waals surface area contributed by atoms with E-state index in [9.17, 15) is 4.79 Å². The molecule has 0 aliphatic rings. The van der Waals surface area contributed by atoms with Crippen LogP contribution >= 0.6 is 23.1 Å². The van der Waals surface area contributed by atoms with Crippen molar-refractivity contribution in [1.82, 2.24) is 9.97 Å². The van der Waals surface area contributed by atoms with Gasteiger partial charge in [-0.15, -0.1) is 11.8 Å². The third kappa shape index (κ3) is 3.79. The number of rotatable bonds is 5. The fourth-order valence-electron chi connectivity index (χ4n) is 2.94. The third-order valence-electron chi connectivity index (χ3n) is 4.43. The van der Waals surface area contributed by atoms with Gasteiger partial charge in [-0.1, -0.05) is 41.2 Å². The molecule has 0 unspecified atom stereocenters. The molecular formula is C22H19N3OS2. The summed E-state index contributed by atoms with van der Waals surface area (Å²) in [6.45, 7) is 2.44. The number of hydrogen-bond acceptors (Lipinski definition) is 5. The van der Waals surface area contributed by atoms with Crippen LogP contribution in [0.1, 0.15) is 21.5 Å². The first-order chi connectivity index (χ1) is 13.7. The highest BCUT2D eigenvalue weighted by atomic mass is 32.2. The molecule has 2 heterocycles. The summed E-state index contributed by atoms with van der Waals surface area (Å²) < 4.78 is 1.08. The van der Waals surface area contributed by atoms with Crippen molar-refractivity contribution in [2.75, 3.05) is 11.2 Å². The lowest BCUT2D eigenvalue weighted by Crippen LogP contribution is -2.30. The van der Waals surface area contributed by atoms with Crippen LogP contribution in [0, 0.1) is 6.92 Å². The second-order valence-electron chi connectivity index (χ2n) is 6.42. The number of para-hydroxylation sites is 1. The van der Waals surface area contributed by atoms with E-state index >= 15 is 0 Å². The second-order valence-corrected chi connectivity index (χ2v) is 8.28. The van der Waals surface area contributed by atoms with Crippen LogP contribution in [0.25, 0.3) is 10.2 Å². The van der Waals surface area contributed by atoms with Crippen molar-refractivity contribution in [1.29, 1.82) is 0 Å². The predicted molar refractivity (Wildman–Crippen MR) is 117 cm³/mol. The van der Waals surface area contributed by atoms with E-state index in [1.165, 1.54) is 0 Å². The highest BCUT2D eigenvalue weighted by Crippen LogP contribution is 2.35. The van der Waals surface area contributed by atoms with E-state index in [0.29, 0.717) is 17.2 Å². The van der Waals surface area contributed by atoms with Crippen LogP contribution in [0.15, 0.2) is 71.9 Å². The molecule has 140 valence electrons. The number of aryl methyl sites for hydroxylation is 1. The molecule has 0 bridgehead atoms. The number of benzene rings is 2. The lowest BCUT2D eigenvalue weighted by Gasteiger charge is -2.20.